The Morgan fingerprint density at radius 3 is 2.26 bits per heavy atom. The zero-order chi connectivity index (χ0) is 24.0. The average Bonchev–Trinajstić information content (AvgIpc) is 3.34. The van der Waals surface area contributed by atoms with E-state index in [9.17, 15) is 19.5 Å². The first-order valence-electron chi connectivity index (χ1n) is 12.0. The van der Waals surface area contributed by atoms with Crippen molar-refractivity contribution < 1.29 is 24.2 Å². The lowest BCUT2D eigenvalue weighted by Gasteiger charge is -2.40. The number of carbonyl (C=O) groups excluding carboxylic acids is 2. The molecule has 0 heterocycles. The largest absolute Gasteiger partial charge is 0.480 e. The van der Waals surface area contributed by atoms with Crippen LogP contribution in [-0.4, -0.2) is 53.7 Å². The second-order valence-electron chi connectivity index (χ2n) is 9.87. The molecule has 0 radical (unpaired) electrons. The van der Waals surface area contributed by atoms with Crippen LogP contribution in [0, 0.1) is 17.8 Å². The van der Waals surface area contributed by atoms with Gasteiger partial charge in [-0.2, -0.15) is 0 Å². The third-order valence-electron chi connectivity index (χ3n) is 8.11. The molecule has 2 fully saturated rings. The Labute approximate surface area is 199 Å². The van der Waals surface area contributed by atoms with Gasteiger partial charge in [0.05, 0.1) is 0 Å². The lowest BCUT2D eigenvalue weighted by molar-refractivity contribution is -0.149. The van der Waals surface area contributed by atoms with Crippen LogP contribution in [0.5, 0.6) is 0 Å². The molecule has 2 N–H and O–H groups in total. The van der Waals surface area contributed by atoms with E-state index < -0.39 is 18.1 Å². The molecule has 0 saturated heterocycles. The second-order valence-corrected chi connectivity index (χ2v) is 9.87. The van der Waals surface area contributed by atoms with Crippen LogP contribution in [0.3, 0.4) is 0 Å². The highest BCUT2D eigenvalue weighted by atomic mass is 16.5. The predicted molar refractivity (Wildman–Crippen MR) is 126 cm³/mol. The van der Waals surface area contributed by atoms with Crippen LogP contribution in [0.2, 0.25) is 0 Å². The van der Waals surface area contributed by atoms with Gasteiger partial charge in [0, 0.05) is 24.9 Å². The van der Waals surface area contributed by atoms with Crippen molar-refractivity contribution in [3.8, 4) is 11.1 Å². The van der Waals surface area contributed by atoms with Gasteiger partial charge in [0.2, 0.25) is 5.91 Å². The van der Waals surface area contributed by atoms with Crippen LogP contribution in [-0.2, 0) is 14.3 Å². The Morgan fingerprint density at radius 2 is 1.65 bits per heavy atom. The molecule has 178 valence electrons. The second kappa shape index (κ2) is 8.78. The Hall–Kier alpha value is -3.35. The SMILES string of the molecule is C[C@@H](C(=O)O)N(C)C(=O)C1C[C@@H]2C[C@H](NC(=O)OCC3c4ccccc4-c4ccccc43)[C@@H]2C1. The van der Waals surface area contributed by atoms with Crippen LogP contribution in [0.1, 0.15) is 43.2 Å². The zero-order valence-corrected chi connectivity index (χ0v) is 19.4. The first-order chi connectivity index (χ1) is 16.3. The number of carbonyl (C=O) groups is 3. The van der Waals surface area contributed by atoms with E-state index in [1.165, 1.54) is 34.1 Å². The van der Waals surface area contributed by atoms with Crippen molar-refractivity contribution in [2.75, 3.05) is 13.7 Å². The van der Waals surface area contributed by atoms with Gasteiger partial charge in [-0.1, -0.05) is 48.5 Å². The van der Waals surface area contributed by atoms with Crippen molar-refractivity contribution in [3.05, 3.63) is 59.7 Å². The molecule has 0 aromatic heterocycles. The number of aliphatic carboxylic acids is 1. The summed E-state index contributed by atoms with van der Waals surface area (Å²) in [7, 11) is 1.55. The number of likely N-dealkylation sites (N-methyl/N-ethyl adjacent to an activating group) is 1. The van der Waals surface area contributed by atoms with Crippen LogP contribution in [0.25, 0.3) is 11.1 Å². The normalized spacial score (nSPS) is 25.4. The Kier molecular flexibility index (Phi) is 5.80. The minimum absolute atomic E-state index is 0.000605. The highest BCUT2D eigenvalue weighted by Gasteiger charge is 2.50. The smallest absolute Gasteiger partial charge is 0.407 e. The van der Waals surface area contributed by atoms with Crippen LogP contribution in [0.15, 0.2) is 48.5 Å². The van der Waals surface area contributed by atoms with E-state index in [0.717, 1.165) is 12.8 Å². The molecule has 7 nitrogen and oxygen atoms in total. The molecule has 0 bridgehead atoms. The van der Waals surface area contributed by atoms with Crippen molar-refractivity contribution in [2.45, 2.75) is 44.2 Å². The standard InChI is InChI=1S/C27H30N2O5/c1-15(26(31)32)29(2)25(30)17-11-16-13-24(22(16)12-17)28-27(33)34-14-23-20-9-5-3-7-18(20)19-8-4-6-10-21(19)23/h3-10,15-17,22-24H,11-14H2,1-2H3,(H,28,33)(H,31,32)/t15-,16+,17?,22+,24-/m0/s1. The number of nitrogens with one attached hydrogen (secondary N) is 1. The first kappa shape index (κ1) is 22.4. The number of fused-ring (bicyclic) bond motifs is 4. The maximum atomic E-state index is 12.7. The molecule has 1 unspecified atom stereocenters. The summed E-state index contributed by atoms with van der Waals surface area (Å²) in [6.07, 6.45) is 1.84. The minimum atomic E-state index is -1.01. The summed E-state index contributed by atoms with van der Waals surface area (Å²) < 4.78 is 5.67. The van der Waals surface area contributed by atoms with Gasteiger partial charge in [-0.3, -0.25) is 4.79 Å². The van der Waals surface area contributed by atoms with Gasteiger partial charge in [-0.15, -0.1) is 0 Å². The van der Waals surface area contributed by atoms with Gasteiger partial charge < -0.3 is 20.1 Å². The molecule has 2 aromatic rings. The van der Waals surface area contributed by atoms with Gasteiger partial charge in [-0.25, -0.2) is 9.59 Å². The third-order valence-corrected chi connectivity index (χ3v) is 8.11. The number of carboxylic acid groups (broad SMARTS) is 1. The molecule has 2 aromatic carbocycles. The number of carboxylic acids is 1. The monoisotopic (exact) mass is 462 g/mol. The lowest BCUT2D eigenvalue weighted by atomic mass is 9.71. The van der Waals surface area contributed by atoms with Crippen molar-refractivity contribution in [1.29, 1.82) is 0 Å². The maximum Gasteiger partial charge on any atom is 0.407 e. The van der Waals surface area contributed by atoms with E-state index in [-0.39, 0.29) is 36.3 Å². The molecule has 7 heteroatoms. The van der Waals surface area contributed by atoms with Crippen molar-refractivity contribution in [1.82, 2.24) is 10.2 Å². The van der Waals surface area contributed by atoms with E-state index in [1.54, 1.807) is 7.05 Å². The van der Waals surface area contributed by atoms with Gasteiger partial charge in [0.1, 0.15) is 12.6 Å². The number of benzene rings is 2. The molecule has 5 rings (SSSR count). The molecule has 3 aliphatic rings. The first-order valence-corrected chi connectivity index (χ1v) is 12.0. The number of hydrogen-bond donors (Lipinski definition) is 2. The maximum absolute atomic E-state index is 12.7. The van der Waals surface area contributed by atoms with E-state index in [4.69, 9.17) is 4.74 Å². The average molecular weight is 463 g/mol. The zero-order valence-electron chi connectivity index (χ0n) is 19.4. The van der Waals surface area contributed by atoms with Crippen molar-refractivity contribution in [3.63, 3.8) is 0 Å². The van der Waals surface area contributed by atoms with E-state index in [1.807, 2.05) is 24.3 Å². The molecule has 2 saturated carbocycles. The summed E-state index contributed by atoms with van der Waals surface area (Å²) in [6, 6.07) is 15.6. The Morgan fingerprint density at radius 1 is 1.03 bits per heavy atom. The van der Waals surface area contributed by atoms with E-state index >= 15 is 0 Å². The fraction of sp³-hybridized carbons (Fsp3) is 0.444. The minimum Gasteiger partial charge on any atom is -0.480 e. The quantitative estimate of drug-likeness (QED) is 0.679. The summed E-state index contributed by atoms with van der Waals surface area (Å²) in [6.45, 7) is 1.80. The Bertz CT molecular complexity index is 1090. The highest BCUT2D eigenvalue weighted by Crippen LogP contribution is 2.50. The number of ether oxygens (including phenoxy) is 1. The molecule has 5 atom stereocenters. The van der Waals surface area contributed by atoms with Crippen molar-refractivity contribution >= 4 is 18.0 Å². The predicted octanol–water partition coefficient (Wildman–Crippen LogP) is 3.87. The van der Waals surface area contributed by atoms with E-state index in [0.29, 0.717) is 12.3 Å². The molecular weight excluding hydrogens is 432 g/mol. The summed E-state index contributed by atoms with van der Waals surface area (Å²) in [5.41, 5.74) is 4.74. The fourth-order valence-electron chi connectivity index (χ4n) is 6.03. The summed E-state index contributed by atoms with van der Waals surface area (Å²) in [5.74, 6) is -0.663. The molecule has 3 aliphatic carbocycles. The van der Waals surface area contributed by atoms with Crippen LogP contribution >= 0.6 is 0 Å². The molecule has 0 spiro atoms. The lowest BCUT2D eigenvalue weighted by Crippen LogP contribution is -2.50. The number of nitrogens with zero attached hydrogens (tertiary/aromatic N) is 1. The number of hydrogen-bond acceptors (Lipinski definition) is 4. The molecular formula is C27H30N2O5. The Balaban J connectivity index is 1.15. The van der Waals surface area contributed by atoms with Crippen molar-refractivity contribution in [2.24, 2.45) is 17.8 Å². The topological polar surface area (TPSA) is 95.9 Å². The van der Waals surface area contributed by atoms with E-state index in [2.05, 4.69) is 29.6 Å². The van der Waals surface area contributed by atoms with Gasteiger partial charge >= 0.3 is 12.1 Å². The summed E-state index contributed by atoms with van der Waals surface area (Å²) >= 11 is 0. The van der Waals surface area contributed by atoms with Gasteiger partial charge in [0.15, 0.2) is 0 Å². The summed E-state index contributed by atoms with van der Waals surface area (Å²) in [5, 5.41) is 12.2. The van der Waals surface area contributed by atoms with Crippen LogP contribution < -0.4 is 5.32 Å². The number of amides is 2. The summed E-state index contributed by atoms with van der Waals surface area (Å²) in [4.78, 5) is 37.9. The number of rotatable bonds is 6. The third kappa shape index (κ3) is 3.83. The number of alkyl carbamates (subject to hydrolysis) is 1. The highest BCUT2D eigenvalue weighted by molar-refractivity contribution is 5.85. The van der Waals surface area contributed by atoms with Gasteiger partial charge in [0.25, 0.3) is 0 Å². The molecule has 0 aliphatic heterocycles. The van der Waals surface area contributed by atoms with Crippen LogP contribution in [0.4, 0.5) is 4.79 Å². The molecule has 34 heavy (non-hydrogen) atoms. The van der Waals surface area contributed by atoms with Gasteiger partial charge in [-0.05, 0) is 60.3 Å². The fourth-order valence-corrected chi connectivity index (χ4v) is 6.03. The molecule has 2 amide bonds.